The molecule has 2 aliphatic rings. The molecule has 0 heterocycles. The molecule has 0 aliphatic heterocycles. The quantitative estimate of drug-likeness (QED) is 0.384. The molecule has 0 amide bonds. The summed E-state index contributed by atoms with van der Waals surface area (Å²) in [6, 6.07) is 0. The van der Waals surface area contributed by atoms with Gasteiger partial charge in [0.05, 0.1) is 0 Å². The zero-order chi connectivity index (χ0) is 29.4. The van der Waals surface area contributed by atoms with Gasteiger partial charge in [-0.05, 0) is 162 Å². The average molecular weight is 517 g/mol. The van der Waals surface area contributed by atoms with Gasteiger partial charge in [0.15, 0.2) is 5.78 Å². The predicted octanol–water partition coefficient (Wildman–Crippen LogP) is 9.16. The summed E-state index contributed by atoms with van der Waals surface area (Å²) in [6.07, 6.45) is 2.72. The third-order valence-electron chi connectivity index (χ3n) is 9.65. The highest BCUT2D eigenvalue weighted by molar-refractivity contribution is 6.05. The van der Waals surface area contributed by atoms with Crippen molar-refractivity contribution in [2.24, 2.45) is 5.92 Å². The van der Waals surface area contributed by atoms with Crippen molar-refractivity contribution in [2.45, 2.75) is 109 Å². The van der Waals surface area contributed by atoms with Crippen LogP contribution in [0.1, 0.15) is 119 Å². The van der Waals surface area contributed by atoms with Gasteiger partial charge in [0.1, 0.15) is 0 Å². The van der Waals surface area contributed by atoms with Gasteiger partial charge in [-0.1, -0.05) is 25.5 Å². The highest BCUT2D eigenvalue weighted by Crippen LogP contribution is 2.43. The maximum absolute atomic E-state index is 12.2. The Hall–Kier alpha value is -2.94. The standard InChI is InChI=1S/C15H20O.C15H20.C5H8O2/c1-7-8(2)10(4)14-13(9(7)3)11(5)12(6)15(14)16;1-8-7-14-12(5)10(3)11(4)13(6)15(14)9(8)2;1-3-4(2)5(6)7/h11-12H,1-6H3;7H2,1-6H3;3H,1-2H3,(H,6,7)/b;;4-3+. The first-order chi connectivity index (χ1) is 17.5. The van der Waals surface area contributed by atoms with Gasteiger partial charge in [-0.3, -0.25) is 4.79 Å². The molecule has 2 aliphatic carbocycles. The Balaban J connectivity index is 0.000000216. The van der Waals surface area contributed by atoms with Crippen LogP contribution in [-0.2, 0) is 11.2 Å². The third-order valence-corrected chi connectivity index (χ3v) is 9.65. The van der Waals surface area contributed by atoms with Gasteiger partial charge in [-0.15, -0.1) is 0 Å². The first-order valence-electron chi connectivity index (χ1n) is 13.8. The molecule has 0 saturated heterocycles. The molecule has 0 radical (unpaired) electrons. The lowest BCUT2D eigenvalue weighted by molar-refractivity contribution is -0.132. The van der Waals surface area contributed by atoms with Crippen LogP contribution in [0.25, 0.3) is 5.57 Å². The fraction of sp³-hybridized carbons (Fsp3) is 0.486. The van der Waals surface area contributed by atoms with E-state index in [9.17, 15) is 9.59 Å². The SMILES string of the molecule is C/C=C(\C)C(=O)O.CC1=C(C)c2c(C)c(C)c(C)c(C)c2C1.Cc1c(C)c(C)c2c(c1C)C(=O)C(C)C2C. The fourth-order valence-electron chi connectivity index (χ4n) is 5.79. The summed E-state index contributed by atoms with van der Waals surface area (Å²) in [4.78, 5) is 22.1. The van der Waals surface area contributed by atoms with Crippen molar-refractivity contribution in [3.63, 3.8) is 0 Å². The molecule has 2 unspecified atom stereocenters. The number of carbonyl (C=O) groups is 2. The summed E-state index contributed by atoms with van der Waals surface area (Å²) in [5.74, 6) is 0.0165. The molecular weight excluding hydrogens is 468 g/mol. The summed E-state index contributed by atoms with van der Waals surface area (Å²) in [5.41, 5.74) is 20.0. The fourth-order valence-corrected chi connectivity index (χ4v) is 5.79. The Bertz CT molecular complexity index is 1370. The van der Waals surface area contributed by atoms with Gasteiger partial charge < -0.3 is 5.11 Å². The van der Waals surface area contributed by atoms with Gasteiger partial charge in [0.2, 0.25) is 0 Å². The minimum atomic E-state index is -0.845. The van der Waals surface area contributed by atoms with Gasteiger partial charge >= 0.3 is 5.97 Å². The minimum absolute atomic E-state index is 0.147. The van der Waals surface area contributed by atoms with Crippen molar-refractivity contribution in [3.8, 4) is 0 Å². The summed E-state index contributed by atoms with van der Waals surface area (Å²) in [5, 5.41) is 8.11. The van der Waals surface area contributed by atoms with E-state index in [2.05, 4.69) is 83.1 Å². The van der Waals surface area contributed by atoms with E-state index >= 15 is 0 Å². The molecule has 2 atom stereocenters. The van der Waals surface area contributed by atoms with Crippen molar-refractivity contribution >= 4 is 17.3 Å². The molecule has 2 aromatic carbocycles. The second kappa shape index (κ2) is 11.8. The van der Waals surface area contributed by atoms with Crippen LogP contribution >= 0.6 is 0 Å². The van der Waals surface area contributed by atoms with Gasteiger partial charge in [0.25, 0.3) is 0 Å². The molecule has 0 fully saturated rings. The van der Waals surface area contributed by atoms with Crippen LogP contribution in [0.15, 0.2) is 17.2 Å². The number of carbonyl (C=O) groups excluding carboxylic acids is 1. The van der Waals surface area contributed by atoms with Crippen molar-refractivity contribution in [3.05, 3.63) is 84.0 Å². The second-order valence-electron chi connectivity index (χ2n) is 11.4. The molecule has 0 spiro atoms. The Morgan fingerprint density at radius 2 is 1.16 bits per heavy atom. The molecule has 1 N–H and O–H groups in total. The number of rotatable bonds is 1. The van der Waals surface area contributed by atoms with E-state index in [0.717, 1.165) is 12.0 Å². The summed E-state index contributed by atoms with van der Waals surface area (Å²) in [6.45, 7) is 29.6. The maximum atomic E-state index is 12.2. The predicted molar refractivity (Wildman–Crippen MR) is 162 cm³/mol. The second-order valence-corrected chi connectivity index (χ2v) is 11.4. The topological polar surface area (TPSA) is 54.4 Å². The molecule has 0 aromatic heterocycles. The van der Waals surface area contributed by atoms with Gasteiger partial charge in [0, 0.05) is 17.1 Å². The van der Waals surface area contributed by atoms with Crippen LogP contribution in [0.5, 0.6) is 0 Å². The number of hydrogen-bond acceptors (Lipinski definition) is 2. The molecule has 4 rings (SSSR count). The van der Waals surface area contributed by atoms with Gasteiger partial charge in [-0.2, -0.15) is 0 Å². The average Bonchev–Trinajstić information content (AvgIpc) is 3.31. The Kier molecular flexibility index (Phi) is 9.75. The molecule has 3 nitrogen and oxygen atoms in total. The molecule has 0 bridgehead atoms. The van der Waals surface area contributed by atoms with E-state index in [-0.39, 0.29) is 5.92 Å². The van der Waals surface area contributed by atoms with Crippen molar-refractivity contribution in [1.29, 1.82) is 0 Å². The zero-order valence-electron chi connectivity index (χ0n) is 26.2. The normalized spacial score (nSPS) is 17.9. The van der Waals surface area contributed by atoms with Crippen LogP contribution in [0.3, 0.4) is 0 Å². The minimum Gasteiger partial charge on any atom is -0.478 e. The van der Waals surface area contributed by atoms with Gasteiger partial charge in [-0.25, -0.2) is 4.79 Å². The van der Waals surface area contributed by atoms with Crippen molar-refractivity contribution in [1.82, 2.24) is 0 Å². The molecular formula is C35H48O3. The van der Waals surface area contributed by atoms with Crippen molar-refractivity contribution in [2.75, 3.05) is 0 Å². The number of allylic oxidation sites excluding steroid dienone is 3. The number of aliphatic carboxylic acids is 1. The number of hydrogen-bond donors (Lipinski definition) is 1. The Labute approximate surface area is 231 Å². The lowest BCUT2D eigenvalue weighted by atomic mass is 9.87. The number of benzene rings is 2. The van der Waals surface area contributed by atoms with E-state index in [1.807, 2.05) is 0 Å². The highest BCUT2D eigenvalue weighted by atomic mass is 16.4. The number of fused-ring (bicyclic) bond motifs is 2. The van der Waals surface area contributed by atoms with Crippen LogP contribution in [0.4, 0.5) is 0 Å². The molecule has 206 valence electrons. The lowest BCUT2D eigenvalue weighted by Gasteiger charge is -2.17. The van der Waals surface area contributed by atoms with Crippen LogP contribution in [-0.4, -0.2) is 16.9 Å². The van der Waals surface area contributed by atoms with Crippen LogP contribution < -0.4 is 0 Å². The first kappa shape index (κ1) is 31.3. The molecule has 0 saturated carbocycles. The van der Waals surface area contributed by atoms with E-state index in [1.165, 1.54) is 61.2 Å². The number of ketones is 1. The van der Waals surface area contributed by atoms with Crippen LogP contribution in [0, 0.1) is 61.3 Å². The van der Waals surface area contributed by atoms with E-state index in [0.29, 0.717) is 17.3 Å². The van der Waals surface area contributed by atoms with E-state index < -0.39 is 5.97 Å². The Morgan fingerprint density at radius 1 is 0.711 bits per heavy atom. The largest absolute Gasteiger partial charge is 0.478 e. The summed E-state index contributed by atoms with van der Waals surface area (Å²) in [7, 11) is 0. The highest BCUT2D eigenvalue weighted by Gasteiger charge is 2.37. The molecule has 38 heavy (non-hydrogen) atoms. The lowest BCUT2D eigenvalue weighted by Crippen LogP contribution is -2.07. The number of carboxylic acid groups (broad SMARTS) is 1. The summed E-state index contributed by atoms with van der Waals surface area (Å²) < 4.78 is 0. The molecule has 2 aromatic rings. The first-order valence-corrected chi connectivity index (χ1v) is 13.8. The van der Waals surface area contributed by atoms with Crippen LogP contribution in [0.2, 0.25) is 0 Å². The molecule has 3 heteroatoms. The van der Waals surface area contributed by atoms with E-state index in [1.54, 1.807) is 31.1 Å². The monoisotopic (exact) mass is 516 g/mol. The Morgan fingerprint density at radius 3 is 1.61 bits per heavy atom. The number of Topliss-reactive ketones (excluding diaryl/α,β-unsaturated/α-hetero) is 1. The number of carboxylic acids is 1. The third kappa shape index (κ3) is 5.44. The summed E-state index contributed by atoms with van der Waals surface area (Å²) >= 11 is 0. The smallest absolute Gasteiger partial charge is 0.330 e. The maximum Gasteiger partial charge on any atom is 0.330 e. The van der Waals surface area contributed by atoms with E-state index in [4.69, 9.17) is 5.11 Å². The van der Waals surface area contributed by atoms with Crippen molar-refractivity contribution < 1.29 is 14.7 Å². The zero-order valence-corrected chi connectivity index (χ0v) is 26.2.